The summed E-state index contributed by atoms with van der Waals surface area (Å²) in [7, 11) is 1.41. The van der Waals surface area contributed by atoms with E-state index in [1.54, 1.807) is 0 Å². The Labute approximate surface area is 120 Å². The molecule has 0 atom stereocenters. The molecule has 1 heterocycles. The van der Waals surface area contributed by atoms with Crippen LogP contribution in [0.2, 0.25) is 0 Å². The van der Waals surface area contributed by atoms with Crippen LogP contribution in [-0.2, 0) is 11.2 Å². The molecule has 0 aliphatic carbocycles. The second-order valence-corrected chi connectivity index (χ2v) is 5.25. The summed E-state index contributed by atoms with van der Waals surface area (Å²) in [6.07, 6.45) is 7.51. The molecule has 2 rings (SSSR count). The summed E-state index contributed by atoms with van der Waals surface area (Å²) in [4.78, 5) is 14.9. The van der Waals surface area contributed by atoms with E-state index in [4.69, 9.17) is 4.74 Å². The van der Waals surface area contributed by atoms with Crippen LogP contribution in [0.25, 0.3) is 10.9 Å². The maximum Gasteiger partial charge on any atom is 0.337 e. The van der Waals surface area contributed by atoms with E-state index in [1.807, 2.05) is 18.2 Å². The Balaban J connectivity index is 2.00. The fraction of sp³-hybridized carbons (Fsp3) is 0.471. The quantitative estimate of drug-likeness (QED) is 0.597. The highest BCUT2D eigenvalue weighted by atomic mass is 16.5. The Morgan fingerprint density at radius 3 is 2.70 bits per heavy atom. The standard InChI is InChI=1S/C17H23NO2/c1-3-4-5-6-7-8-15-11-13-9-10-14(17(19)20-2)12-16(13)18-15/h9-12,18H,3-8H2,1-2H3. The number of carbonyl (C=O) groups excluding carboxylic acids is 1. The molecule has 0 aliphatic rings. The number of hydrogen-bond donors (Lipinski definition) is 1. The van der Waals surface area contributed by atoms with Crippen molar-refractivity contribution in [3.63, 3.8) is 0 Å². The van der Waals surface area contributed by atoms with Gasteiger partial charge in [-0.1, -0.05) is 38.7 Å². The molecule has 3 nitrogen and oxygen atoms in total. The highest BCUT2D eigenvalue weighted by molar-refractivity contribution is 5.94. The van der Waals surface area contributed by atoms with E-state index in [2.05, 4.69) is 18.0 Å². The first-order chi connectivity index (χ1) is 9.74. The molecule has 2 aromatic rings. The van der Waals surface area contributed by atoms with Gasteiger partial charge in [-0.2, -0.15) is 0 Å². The molecule has 0 saturated carbocycles. The van der Waals surface area contributed by atoms with Gasteiger partial charge in [-0.15, -0.1) is 0 Å². The van der Waals surface area contributed by atoms with Gasteiger partial charge < -0.3 is 9.72 Å². The number of methoxy groups -OCH3 is 1. The number of aryl methyl sites for hydroxylation is 1. The van der Waals surface area contributed by atoms with Crippen LogP contribution in [0.5, 0.6) is 0 Å². The highest BCUT2D eigenvalue weighted by Gasteiger charge is 2.07. The Bertz CT molecular complexity index is 571. The molecule has 1 aromatic carbocycles. The van der Waals surface area contributed by atoms with Crippen molar-refractivity contribution in [3.8, 4) is 0 Å². The van der Waals surface area contributed by atoms with Crippen molar-refractivity contribution in [3.05, 3.63) is 35.5 Å². The zero-order chi connectivity index (χ0) is 14.4. The first kappa shape index (κ1) is 14.6. The molecule has 0 saturated heterocycles. The Morgan fingerprint density at radius 1 is 1.15 bits per heavy atom. The van der Waals surface area contributed by atoms with Gasteiger partial charge in [0, 0.05) is 11.2 Å². The summed E-state index contributed by atoms with van der Waals surface area (Å²) in [6.45, 7) is 2.23. The third-order valence-electron chi connectivity index (χ3n) is 3.65. The number of unbranched alkanes of at least 4 members (excludes halogenated alkanes) is 4. The van der Waals surface area contributed by atoms with Crippen molar-refractivity contribution in [2.45, 2.75) is 45.4 Å². The first-order valence-corrected chi connectivity index (χ1v) is 7.44. The van der Waals surface area contributed by atoms with Crippen molar-refractivity contribution in [1.82, 2.24) is 4.98 Å². The van der Waals surface area contributed by atoms with Gasteiger partial charge >= 0.3 is 5.97 Å². The van der Waals surface area contributed by atoms with Crippen LogP contribution in [0.1, 0.15) is 55.1 Å². The number of benzene rings is 1. The van der Waals surface area contributed by atoms with Crippen LogP contribution in [-0.4, -0.2) is 18.1 Å². The van der Waals surface area contributed by atoms with Gasteiger partial charge in [0.15, 0.2) is 0 Å². The second-order valence-electron chi connectivity index (χ2n) is 5.25. The predicted molar refractivity (Wildman–Crippen MR) is 82.1 cm³/mol. The molecule has 3 heteroatoms. The maximum atomic E-state index is 11.5. The summed E-state index contributed by atoms with van der Waals surface area (Å²) in [5.74, 6) is -0.289. The van der Waals surface area contributed by atoms with Crippen molar-refractivity contribution < 1.29 is 9.53 Å². The topological polar surface area (TPSA) is 42.1 Å². The lowest BCUT2D eigenvalue weighted by Gasteiger charge is -1.99. The number of nitrogens with one attached hydrogen (secondary N) is 1. The van der Waals surface area contributed by atoms with E-state index in [9.17, 15) is 4.79 Å². The van der Waals surface area contributed by atoms with Gasteiger partial charge in [-0.25, -0.2) is 4.79 Å². The summed E-state index contributed by atoms with van der Waals surface area (Å²) in [6, 6.07) is 7.82. The van der Waals surface area contributed by atoms with Gasteiger partial charge in [-0.05, 0) is 36.4 Å². The Hall–Kier alpha value is -1.77. The number of H-pyrrole nitrogens is 1. The molecule has 1 aromatic heterocycles. The lowest BCUT2D eigenvalue weighted by Crippen LogP contribution is -2.00. The lowest BCUT2D eigenvalue weighted by atomic mass is 10.1. The van der Waals surface area contributed by atoms with E-state index >= 15 is 0 Å². The number of rotatable bonds is 7. The number of fused-ring (bicyclic) bond motifs is 1. The fourth-order valence-corrected chi connectivity index (χ4v) is 2.49. The van der Waals surface area contributed by atoms with Crippen LogP contribution in [0.3, 0.4) is 0 Å². The molecule has 0 amide bonds. The Morgan fingerprint density at radius 2 is 1.95 bits per heavy atom. The zero-order valence-electron chi connectivity index (χ0n) is 12.4. The fourth-order valence-electron chi connectivity index (χ4n) is 2.49. The molecular formula is C17H23NO2. The summed E-state index contributed by atoms with van der Waals surface area (Å²) in [5, 5.41) is 1.15. The van der Waals surface area contributed by atoms with Crippen LogP contribution in [0.15, 0.2) is 24.3 Å². The second kappa shape index (κ2) is 7.13. The van der Waals surface area contributed by atoms with Crippen LogP contribution < -0.4 is 0 Å². The molecule has 0 unspecified atom stereocenters. The molecule has 1 N–H and O–H groups in total. The van der Waals surface area contributed by atoms with Crippen LogP contribution in [0.4, 0.5) is 0 Å². The number of carbonyl (C=O) groups is 1. The van der Waals surface area contributed by atoms with E-state index in [1.165, 1.54) is 44.9 Å². The number of ether oxygens (including phenoxy) is 1. The average Bonchev–Trinajstić information content (AvgIpc) is 2.87. The number of aromatic nitrogens is 1. The number of hydrogen-bond acceptors (Lipinski definition) is 2. The molecule has 108 valence electrons. The summed E-state index contributed by atoms with van der Waals surface area (Å²) in [5.41, 5.74) is 2.85. The van der Waals surface area contributed by atoms with Gasteiger partial charge in [0.05, 0.1) is 12.7 Å². The SMILES string of the molecule is CCCCCCCc1cc2ccc(C(=O)OC)cc2[nH]1. The maximum absolute atomic E-state index is 11.5. The summed E-state index contributed by atoms with van der Waals surface area (Å²) >= 11 is 0. The minimum atomic E-state index is -0.289. The van der Waals surface area contributed by atoms with Gasteiger partial charge in [0.25, 0.3) is 0 Å². The van der Waals surface area contributed by atoms with Crippen molar-refractivity contribution in [2.24, 2.45) is 0 Å². The smallest absolute Gasteiger partial charge is 0.337 e. The zero-order valence-corrected chi connectivity index (χ0v) is 12.4. The van der Waals surface area contributed by atoms with E-state index in [-0.39, 0.29) is 5.97 Å². The minimum Gasteiger partial charge on any atom is -0.465 e. The van der Waals surface area contributed by atoms with Crippen molar-refractivity contribution in [2.75, 3.05) is 7.11 Å². The lowest BCUT2D eigenvalue weighted by molar-refractivity contribution is 0.0601. The van der Waals surface area contributed by atoms with Crippen LogP contribution in [0, 0.1) is 0 Å². The molecule has 20 heavy (non-hydrogen) atoms. The molecular weight excluding hydrogens is 250 g/mol. The molecule has 0 radical (unpaired) electrons. The van der Waals surface area contributed by atoms with E-state index < -0.39 is 0 Å². The Kier molecular flexibility index (Phi) is 5.22. The van der Waals surface area contributed by atoms with Gasteiger partial charge in [-0.3, -0.25) is 0 Å². The monoisotopic (exact) mass is 273 g/mol. The van der Waals surface area contributed by atoms with Crippen molar-refractivity contribution >= 4 is 16.9 Å². The highest BCUT2D eigenvalue weighted by Crippen LogP contribution is 2.19. The third kappa shape index (κ3) is 3.62. The predicted octanol–water partition coefficient (Wildman–Crippen LogP) is 4.47. The molecule has 0 fully saturated rings. The third-order valence-corrected chi connectivity index (χ3v) is 3.65. The normalized spacial score (nSPS) is 10.9. The van der Waals surface area contributed by atoms with Gasteiger partial charge in [0.2, 0.25) is 0 Å². The number of aromatic amines is 1. The van der Waals surface area contributed by atoms with Gasteiger partial charge in [0.1, 0.15) is 0 Å². The molecule has 0 bridgehead atoms. The average molecular weight is 273 g/mol. The first-order valence-electron chi connectivity index (χ1n) is 7.44. The van der Waals surface area contributed by atoms with E-state index in [0.717, 1.165) is 17.3 Å². The minimum absolute atomic E-state index is 0.289. The molecule has 0 spiro atoms. The van der Waals surface area contributed by atoms with Crippen molar-refractivity contribution in [1.29, 1.82) is 0 Å². The van der Waals surface area contributed by atoms with E-state index in [0.29, 0.717) is 5.56 Å². The van der Waals surface area contributed by atoms with Crippen LogP contribution >= 0.6 is 0 Å². The number of esters is 1. The molecule has 0 aliphatic heterocycles. The summed E-state index contributed by atoms with van der Waals surface area (Å²) < 4.78 is 4.74. The largest absolute Gasteiger partial charge is 0.465 e.